The largest absolute Gasteiger partial charge is 0.481 e. The van der Waals surface area contributed by atoms with Gasteiger partial charge >= 0.3 is 12.0 Å². The number of amides is 2. The van der Waals surface area contributed by atoms with Crippen LogP contribution in [0.4, 0.5) is 4.79 Å². The summed E-state index contributed by atoms with van der Waals surface area (Å²) in [6.45, 7) is 5.83. The Labute approximate surface area is 126 Å². The van der Waals surface area contributed by atoms with Gasteiger partial charge in [0, 0.05) is 25.3 Å². The molecule has 7 nitrogen and oxygen atoms in total. The maximum Gasteiger partial charge on any atom is 0.315 e. The van der Waals surface area contributed by atoms with Crippen molar-refractivity contribution in [2.75, 3.05) is 18.6 Å². The van der Waals surface area contributed by atoms with Gasteiger partial charge in [-0.2, -0.15) is 0 Å². The number of carboxylic acids is 1. The fourth-order valence-electron chi connectivity index (χ4n) is 2.16. The first kappa shape index (κ1) is 19.7. The summed E-state index contributed by atoms with van der Waals surface area (Å²) in [6, 6.07) is -0.978. The highest BCUT2D eigenvalue weighted by molar-refractivity contribution is 7.90. The molecule has 0 heterocycles. The lowest BCUT2D eigenvalue weighted by Crippen LogP contribution is -2.45. The number of sulfone groups is 1. The molecule has 0 aliphatic heterocycles. The molecule has 0 aromatic carbocycles. The fraction of sp³-hybridized carbons (Fsp3) is 0.846. The molecule has 0 spiro atoms. The van der Waals surface area contributed by atoms with Crippen LogP contribution in [0.1, 0.15) is 33.6 Å². The molecule has 8 heteroatoms. The monoisotopic (exact) mass is 322 g/mol. The van der Waals surface area contributed by atoms with E-state index in [1.807, 2.05) is 13.8 Å². The Kier molecular flexibility index (Phi) is 8.31. The lowest BCUT2D eigenvalue weighted by molar-refractivity contribution is -0.138. The minimum atomic E-state index is -3.15. The van der Waals surface area contributed by atoms with Crippen molar-refractivity contribution in [2.24, 2.45) is 11.8 Å². The maximum absolute atomic E-state index is 11.7. The summed E-state index contributed by atoms with van der Waals surface area (Å²) in [5.41, 5.74) is 0. The van der Waals surface area contributed by atoms with Crippen molar-refractivity contribution in [3.8, 4) is 0 Å². The summed E-state index contributed by atoms with van der Waals surface area (Å²) >= 11 is 0. The third kappa shape index (κ3) is 12.2. The molecule has 0 rings (SSSR count). The third-order valence-corrected chi connectivity index (χ3v) is 3.86. The molecule has 0 saturated heterocycles. The highest BCUT2D eigenvalue weighted by atomic mass is 32.2. The van der Waals surface area contributed by atoms with Crippen LogP contribution in [0, 0.1) is 11.8 Å². The van der Waals surface area contributed by atoms with Gasteiger partial charge in [-0.1, -0.05) is 13.8 Å². The maximum atomic E-state index is 11.7. The van der Waals surface area contributed by atoms with Crippen molar-refractivity contribution in [2.45, 2.75) is 39.7 Å². The summed E-state index contributed by atoms with van der Waals surface area (Å²) in [4.78, 5) is 22.4. The number of hydrogen-bond donors (Lipinski definition) is 3. The molecule has 21 heavy (non-hydrogen) atoms. The van der Waals surface area contributed by atoms with Gasteiger partial charge in [-0.25, -0.2) is 13.2 Å². The Balaban J connectivity index is 4.26. The van der Waals surface area contributed by atoms with Crippen LogP contribution in [0.2, 0.25) is 0 Å². The second-order valence-electron chi connectivity index (χ2n) is 5.94. The number of carbonyl (C=O) groups excluding carboxylic acids is 1. The van der Waals surface area contributed by atoms with Crippen LogP contribution in [0.5, 0.6) is 0 Å². The van der Waals surface area contributed by atoms with Crippen LogP contribution >= 0.6 is 0 Å². The van der Waals surface area contributed by atoms with Gasteiger partial charge in [0.15, 0.2) is 0 Å². The van der Waals surface area contributed by atoms with Gasteiger partial charge in [0.2, 0.25) is 0 Å². The molecular weight excluding hydrogens is 296 g/mol. The van der Waals surface area contributed by atoms with E-state index in [9.17, 15) is 18.0 Å². The predicted molar refractivity (Wildman–Crippen MR) is 80.9 cm³/mol. The van der Waals surface area contributed by atoms with Crippen molar-refractivity contribution < 1.29 is 23.1 Å². The van der Waals surface area contributed by atoms with Crippen molar-refractivity contribution in [3.05, 3.63) is 0 Å². The number of hydrogen-bond acceptors (Lipinski definition) is 4. The zero-order valence-corrected chi connectivity index (χ0v) is 13.9. The van der Waals surface area contributed by atoms with Crippen LogP contribution in [-0.4, -0.2) is 50.1 Å². The van der Waals surface area contributed by atoms with Crippen molar-refractivity contribution in [1.82, 2.24) is 10.6 Å². The van der Waals surface area contributed by atoms with E-state index in [2.05, 4.69) is 10.6 Å². The molecular formula is C13H26N2O5S. The number of carboxylic acid groups (broad SMARTS) is 1. The van der Waals surface area contributed by atoms with Gasteiger partial charge in [0.25, 0.3) is 0 Å². The average molecular weight is 322 g/mol. The molecule has 2 amide bonds. The van der Waals surface area contributed by atoms with Gasteiger partial charge in [0.1, 0.15) is 9.84 Å². The molecule has 0 saturated carbocycles. The second-order valence-corrected chi connectivity index (χ2v) is 8.13. The van der Waals surface area contributed by atoms with Crippen LogP contribution in [0.3, 0.4) is 0 Å². The zero-order chi connectivity index (χ0) is 16.6. The zero-order valence-electron chi connectivity index (χ0n) is 13.0. The molecule has 0 aliphatic carbocycles. The van der Waals surface area contributed by atoms with Gasteiger partial charge in [0.05, 0.1) is 5.75 Å². The fourth-order valence-corrected chi connectivity index (χ4v) is 3.15. The molecule has 0 aromatic heterocycles. The smallest absolute Gasteiger partial charge is 0.315 e. The lowest BCUT2D eigenvalue weighted by Gasteiger charge is -2.19. The van der Waals surface area contributed by atoms with Crippen molar-refractivity contribution >= 4 is 21.8 Å². The Morgan fingerprint density at radius 2 is 1.76 bits per heavy atom. The molecule has 0 aromatic rings. The normalized spacial score (nSPS) is 14.5. The first-order chi connectivity index (χ1) is 9.49. The van der Waals surface area contributed by atoms with Crippen LogP contribution in [0.25, 0.3) is 0 Å². The van der Waals surface area contributed by atoms with Crippen LogP contribution < -0.4 is 10.6 Å². The predicted octanol–water partition coefficient (Wildman–Crippen LogP) is 0.856. The molecule has 0 radical (unpaired) electrons. The molecule has 0 aliphatic rings. The van der Waals surface area contributed by atoms with Crippen molar-refractivity contribution in [3.63, 3.8) is 0 Å². The number of carbonyl (C=O) groups is 2. The van der Waals surface area contributed by atoms with Gasteiger partial charge in [-0.3, -0.25) is 4.79 Å². The Bertz CT molecular complexity index is 447. The molecule has 124 valence electrons. The highest BCUT2D eigenvalue weighted by Crippen LogP contribution is 2.14. The molecule has 1 unspecified atom stereocenters. The summed E-state index contributed by atoms with van der Waals surface area (Å²) in [5, 5.41) is 14.0. The molecule has 0 fully saturated rings. The number of urea groups is 1. The molecule has 0 bridgehead atoms. The summed E-state index contributed by atoms with van der Waals surface area (Å²) in [5.74, 6) is -0.833. The first-order valence-corrected chi connectivity index (χ1v) is 8.99. The van der Waals surface area contributed by atoms with E-state index in [4.69, 9.17) is 5.11 Å². The second kappa shape index (κ2) is 8.86. The minimum Gasteiger partial charge on any atom is -0.481 e. The first-order valence-electron chi connectivity index (χ1n) is 6.93. The van der Waals surface area contributed by atoms with Gasteiger partial charge in [-0.15, -0.1) is 0 Å². The lowest BCUT2D eigenvalue weighted by atomic mass is 9.94. The van der Waals surface area contributed by atoms with E-state index in [-0.39, 0.29) is 24.6 Å². The number of aliphatic carboxylic acids is 1. The number of nitrogens with one attached hydrogen (secondary N) is 2. The molecule has 2 atom stereocenters. The average Bonchev–Trinajstić information content (AvgIpc) is 2.21. The summed E-state index contributed by atoms with van der Waals surface area (Å²) in [7, 11) is -3.15. The highest BCUT2D eigenvalue weighted by Gasteiger charge is 2.17. The van der Waals surface area contributed by atoms with Crippen LogP contribution in [-0.2, 0) is 14.6 Å². The van der Waals surface area contributed by atoms with E-state index in [0.717, 1.165) is 6.26 Å². The summed E-state index contributed by atoms with van der Waals surface area (Å²) < 4.78 is 22.2. The van der Waals surface area contributed by atoms with Crippen molar-refractivity contribution in [1.29, 1.82) is 0 Å². The van der Waals surface area contributed by atoms with E-state index in [0.29, 0.717) is 12.3 Å². The van der Waals surface area contributed by atoms with E-state index >= 15 is 0 Å². The topological polar surface area (TPSA) is 113 Å². The standard InChI is InChI=1S/C13H26N2O5S/c1-9(2)5-11(6-12(16)17)7-14-13(18)15-10(3)8-21(4,19)20/h9-11H,5-8H2,1-4H3,(H,16,17)(H2,14,15,18)/t10?,11-/m0/s1. The quantitative estimate of drug-likeness (QED) is 0.582. The Hall–Kier alpha value is -1.31. The number of rotatable bonds is 9. The Morgan fingerprint density at radius 1 is 1.19 bits per heavy atom. The van der Waals surface area contributed by atoms with E-state index in [1.54, 1.807) is 6.92 Å². The van der Waals surface area contributed by atoms with Gasteiger partial charge < -0.3 is 15.7 Å². The SMILES string of the molecule is CC(C)C[C@H](CNC(=O)NC(C)CS(C)(=O)=O)CC(=O)O. The molecule has 3 N–H and O–H groups in total. The minimum absolute atomic E-state index is 0.00263. The Morgan fingerprint density at radius 3 is 2.19 bits per heavy atom. The van der Waals surface area contributed by atoms with Gasteiger partial charge in [-0.05, 0) is 25.2 Å². The summed E-state index contributed by atoms with van der Waals surface area (Å²) in [6.07, 6.45) is 1.80. The third-order valence-electron chi connectivity index (χ3n) is 2.75. The van der Waals surface area contributed by atoms with Crippen LogP contribution in [0.15, 0.2) is 0 Å². The van der Waals surface area contributed by atoms with E-state index < -0.39 is 27.9 Å². The van der Waals surface area contributed by atoms with E-state index in [1.165, 1.54) is 0 Å².